The minimum atomic E-state index is -1.01. The maximum absolute atomic E-state index is 13.7. The number of nitrogens with zero attached hydrogens (tertiary/aromatic N) is 2. The lowest BCUT2D eigenvalue weighted by atomic mass is 9.76. The summed E-state index contributed by atoms with van der Waals surface area (Å²) in [6.45, 7) is 13.3. The fourth-order valence-corrected chi connectivity index (χ4v) is 7.01. The molecule has 44 heavy (non-hydrogen) atoms. The van der Waals surface area contributed by atoms with Crippen molar-refractivity contribution in [3.63, 3.8) is 0 Å². The van der Waals surface area contributed by atoms with Crippen LogP contribution < -0.4 is 4.90 Å². The third kappa shape index (κ3) is 4.68. The molecule has 0 atom stereocenters. The van der Waals surface area contributed by atoms with Crippen LogP contribution in [0.4, 0.5) is 11.4 Å². The minimum Gasteiger partial charge on any atom is -0.506 e. The van der Waals surface area contributed by atoms with Gasteiger partial charge in [0, 0.05) is 47.5 Å². The number of carbonyl (C=O) groups excluding carboxylic acids is 1. The van der Waals surface area contributed by atoms with Crippen molar-refractivity contribution < 1.29 is 34.3 Å². The standard InChI is InChI=1S/C36H40N2O6/c1-7-9-17-37-25-15-11-13-21(33(41)42)29(25)35(3,4)27(37)19-23-31(39)24(32(23)40)20-28-36(5,6)30-22(34(43)44)14-12-16-26(30)38(28)18-10-8-2/h11-16,19-20H,7-10,17-18H2,1-6H3,(H2-,39,40,41,42,43,44)/p+1. The SMILES string of the molecule is CCCCN1/C(=C\C2=C(O)C(=C\C3=[N+](CCCC)c4cccc(C(=O)O)c4C3(C)C)/C2=O)C(C)(C)c2c(C(=O)O)cccc21. The molecule has 0 saturated carbocycles. The van der Waals surface area contributed by atoms with Gasteiger partial charge in [-0.05, 0) is 44.5 Å². The van der Waals surface area contributed by atoms with Crippen LogP contribution in [0.25, 0.3) is 0 Å². The normalized spacial score (nSPS) is 20.0. The first-order valence-electron chi connectivity index (χ1n) is 15.4. The highest BCUT2D eigenvalue weighted by Gasteiger charge is 2.49. The Morgan fingerprint density at radius 1 is 0.864 bits per heavy atom. The van der Waals surface area contributed by atoms with Crippen LogP contribution in [-0.4, -0.2) is 56.4 Å². The lowest BCUT2D eigenvalue weighted by molar-refractivity contribution is -0.438. The topological polar surface area (TPSA) is 118 Å². The summed E-state index contributed by atoms with van der Waals surface area (Å²) < 4.78 is 2.08. The zero-order valence-electron chi connectivity index (χ0n) is 26.3. The summed E-state index contributed by atoms with van der Waals surface area (Å²) in [6, 6.07) is 10.5. The highest BCUT2D eigenvalue weighted by Crippen LogP contribution is 2.51. The van der Waals surface area contributed by atoms with Crippen molar-refractivity contribution in [1.82, 2.24) is 0 Å². The van der Waals surface area contributed by atoms with Crippen molar-refractivity contribution in [2.24, 2.45) is 0 Å². The molecule has 0 radical (unpaired) electrons. The Morgan fingerprint density at radius 3 is 2.07 bits per heavy atom. The molecule has 2 heterocycles. The lowest BCUT2D eigenvalue weighted by Gasteiger charge is -2.29. The van der Waals surface area contributed by atoms with Crippen molar-refractivity contribution in [3.8, 4) is 0 Å². The van der Waals surface area contributed by atoms with E-state index in [1.54, 1.807) is 36.4 Å². The molecule has 1 aliphatic carbocycles. The van der Waals surface area contributed by atoms with Gasteiger partial charge in [0.1, 0.15) is 12.3 Å². The molecule has 8 nitrogen and oxygen atoms in total. The molecule has 3 N–H and O–H groups in total. The van der Waals surface area contributed by atoms with Crippen molar-refractivity contribution in [2.75, 3.05) is 18.0 Å². The first-order chi connectivity index (χ1) is 20.8. The molecule has 0 aromatic heterocycles. The van der Waals surface area contributed by atoms with Crippen LogP contribution in [0.5, 0.6) is 0 Å². The van der Waals surface area contributed by atoms with E-state index in [-0.39, 0.29) is 33.8 Å². The third-order valence-electron chi connectivity index (χ3n) is 9.27. The Morgan fingerprint density at radius 2 is 1.48 bits per heavy atom. The first kappa shape index (κ1) is 31.0. The summed E-state index contributed by atoms with van der Waals surface area (Å²) >= 11 is 0. The van der Waals surface area contributed by atoms with Gasteiger partial charge in [0.15, 0.2) is 5.71 Å². The van der Waals surface area contributed by atoms with Gasteiger partial charge in [-0.25, -0.2) is 9.59 Å². The highest BCUT2D eigenvalue weighted by atomic mass is 16.4. The number of allylic oxidation sites excluding steroid dienone is 5. The smallest absolute Gasteiger partial charge is 0.336 e. The second-order valence-corrected chi connectivity index (χ2v) is 12.8. The van der Waals surface area contributed by atoms with E-state index in [0.717, 1.165) is 48.5 Å². The Labute approximate surface area is 258 Å². The maximum atomic E-state index is 13.7. The number of carboxylic acids is 2. The van der Waals surface area contributed by atoms with Gasteiger partial charge in [-0.15, -0.1) is 0 Å². The minimum absolute atomic E-state index is 0.115. The fraction of sp³-hybridized carbons (Fsp3) is 0.389. The molecule has 2 aromatic carbocycles. The van der Waals surface area contributed by atoms with Gasteiger partial charge in [0.05, 0.1) is 33.3 Å². The number of anilines is 1. The number of aliphatic hydroxyl groups is 1. The number of hydrogen-bond donors (Lipinski definition) is 3. The van der Waals surface area contributed by atoms with E-state index in [0.29, 0.717) is 24.2 Å². The number of carbonyl (C=O) groups is 3. The largest absolute Gasteiger partial charge is 0.506 e. The van der Waals surface area contributed by atoms with Crippen LogP contribution in [0.15, 0.2) is 71.2 Å². The molecule has 230 valence electrons. The highest BCUT2D eigenvalue weighted by molar-refractivity contribution is 6.24. The van der Waals surface area contributed by atoms with E-state index in [2.05, 4.69) is 23.3 Å². The molecule has 0 unspecified atom stereocenters. The number of ketones is 1. The summed E-state index contributed by atoms with van der Waals surface area (Å²) in [6.07, 6.45) is 7.04. The molecule has 0 spiro atoms. The summed E-state index contributed by atoms with van der Waals surface area (Å²) in [5, 5.41) is 31.3. The number of benzene rings is 2. The monoisotopic (exact) mass is 597 g/mol. The van der Waals surface area contributed by atoms with Gasteiger partial charge in [-0.3, -0.25) is 4.79 Å². The van der Waals surface area contributed by atoms with E-state index in [9.17, 15) is 29.7 Å². The number of Topliss-reactive ketones (excluding diaryl/α,β-unsaturated/α-hetero) is 1. The van der Waals surface area contributed by atoms with Gasteiger partial charge in [0.25, 0.3) is 0 Å². The summed E-state index contributed by atoms with van der Waals surface area (Å²) in [5.41, 5.74) is 3.90. The van der Waals surface area contributed by atoms with Crippen molar-refractivity contribution >= 4 is 34.8 Å². The van der Waals surface area contributed by atoms with Crippen LogP contribution in [-0.2, 0) is 15.6 Å². The second kappa shape index (κ2) is 11.2. The molecule has 8 heteroatoms. The van der Waals surface area contributed by atoms with E-state index in [1.807, 2.05) is 39.8 Å². The van der Waals surface area contributed by atoms with E-state index < -0.39 is 22.8 Å². The number of hydrogen-bond acceptors (Lipinski definition) is 5. The zero-order valence-corrected chi connectivity index (χ0v) is 26.3. The molecule has 0 amide bonds. The lowest BCUT2D eigenvalue weighted by Crippen LogP contribution is -2.33. The summed E-state index contributed by atoms with van der Waals surface area (Å²) in [7, 11) is 0. The number of aliphatic hydroxyl groups excluding tert-OH is 1. The molecule has 5 rings (SSSR count). The number of unbranched alkanes of at least 4 members (excludes halogenated alkanes) is 2. The van der Waals surface area contributed by atoms with E-state index in [1.165, 1.54) is 0 Å². The summed E-state index contributed by atoms with van der Waals surface area (Å²) in [5.74, 6) is -2.43. The number of fused-ring (bicyclic) bond motifs is 2. The van der Waals surface area contributed by atoms with Crippen LogP contribution in [0, 0.1) is 0 Å². The maximum Gasteiger partial charge on any atom is 0.336 e. The van der Waals surface area contributed by atoms with Crippen LogP contribution in [0.2, 0.25) is 0 Å². The second-order valence-electron chi connectivity index (χ2n) is 12.8. The van der Waals surface area contributed by atoms with Gasteiger partial charge in [-0.2, -0.15) is 4.58 Å². The summed E-state index contributed by atoms with van der Waals surface area (Å²) in [4.78, 5) is 40.2. The van der Waals surface area contributed by atoms with Gasteiger partial charge >= 0.3 is 11.9 Å². The predicted octanol–water partition coefficient (Wildman–Crippen LogP) is 7.06. The van der Waals surface area contributed by atoms with E-state index >= 15 is 0 Å². The Hall–Kier alpha value is -4.46. The molecular weight excluding hydrogens is 556 g/mol. The van der Waals surface area contributed by atoms with E-state index in [4.69, 9.17) is 0 Å². The van der Waals surface area contributed by atoms with Gasteiger partial charge in [-0.1, -0.05) is 52.7 Å². The molecule has 0 fully saturated rings. The van der Waals surface area contributed by atoms with Crippen LogP contribution in [0.1, 0.15) is 99.1 Å². The van der Waals surface area contributed by atoms with Crippen molar-refractivity contribution in [2.45, 2.75) is 78.1 Å². The van der Waals surface area contributed by atoms with Crippen LogP contribution >= 0.6 is 0 Å². The number of carboxylic acid groups (broad SMARTS) is 2. The molecule has 2 aromatic rings. The fourth-order valence-electron chi connectivity index (χ4n) is 7.01. The average Bonchev–Trinajstić information content (AvgIpc) is 3.33. The van der Waals surface area contributed by atoms with Crippen molar-refractivity contribution in [3.05, 3.63) is 93.4 Å². The quantitative estimate of drug-likeness (QED) is 0.198. The predicted molar refractivity (Wildman–Crippen MR) is 171 cm³/mol. The number of rotatable bonds is 10. The Balaban J connectivity index is 1.62. The third-order valence-corrected chi connectivity index (χ3v) is 9.27. The number of aromatic carboxylic acids is 2. The van der Waals surface area contributed by atoms with Crippen molar-refractivity contribution in [1.29, 1.82) is 0 Å². The Kier molecular flexibility index (Phi) is 7.91. The average molecular weight is 598 g/mol. The first-order valence-corrected chi connectivity index (χ1v) is 15.4. The molecule has 0 bridgehead atoms. The van der Waals surface area contributed by atoms with Crippen LogP contribution in [0.3, 0.4) is 0 Å². The zero-order chi connectivity index (χ0) is 32.1. The van der Waals surface area contributed by atoms with Gasteiger partial charge in [0.2, 0.25) is 11.5 Å². The molecule has 2 aliphatic heterocycles. The Bertz CT molecular complexity index is 1720. The molecule has 0 saturated heterocycles. The molecule has 3 aliphatic rings. The molecular formula is C36H41N2O6+. The van der Waals surface area contributed by atoms with Gasteiger partial charge < -0.3 is 20.2 Å².